The average Bonchev–Trinajstić information content (AvgIpc) is 3.18. The van der Waals surface area contributed by atoms with E-state index in [-0.39, 0.29) is 23.7 Å². The second kappa shape index (κ2) is 10.1. The summed E-state index contributed by atoms with van der Waals surface area (Å²) in [5.74, 6) is 0.00970. The largest absolute Gasteiger partial charge is 0.483 e. The van der Waals surface area contributed by atoms with Gasteiger partial charge in [-0.15, -0.1) is 11.3 Å². The van der Waals surface area contributed by atoms with Crippen LogP contribution in [0.15, 0.2) is 30.5 Å². The maximum atomic E-state index is 13.2. The number of likely N-dealkylation sites (tertiary alicyclic amines) is 2. The van der Waals surface area contributed by atoms with Gasteiger partial charge in [0.15, 0.2) is 0 Å². The molecule has 2 aliphatic heterocycles. The summed E-state index contributed by atoms with van der Waals surface area (Å²) in [5.41, 5.74) is 0.969. The zero-order chi connectivity index (χ0) is 21.6. The lowest BCUT2D eigenvalue weighted by atomic mass is 9.87. The van der Waals surface area contributed by atoms with Gasteiger partial charge in [-0.2, -0.15) is 0 Å². The van der Waals surface area contributed by atoms with Crippen LogP contribution in [-0.2, 0) is 22.7 Å². The van der Waals surface area contributed by atoms with E-state index < -0.39 is 0 Å². The first kappa shape index (κ1) is 22.4. The molecule has 1 N–H and O–H groups in total. The van der Waals surface area contributed by atoms with Gasteiger partial charge >= 0.3 is 0 Å². The van der Waals surface area contributed by atoms with Crippen molar-refractivity contribution < 1.29 is 19.1 Å². The van der Waals surface area contributed by atoms with Crippen LogP contribution < -0.4 is 0 Å². The zero-order valence-electron chi connectivity index (χ0n) is 17.2. The van der Waals surface area contributed by atoms with Crippen molar-refractivity contribution in [2.75, 3.05) is 13.1 Å². The molecule has 1 spiro atoms. The number of aryl methyl sites for hydroxylation is 1. The second-order valence-electron chi connectivity index (χ2n) is 7.91. The fourth-order valence-corrected chi connectivity index (χ4v) is 5.35. The van der Waals surface area contributed by atoms with Crippen LogP contribution in [0.25, 0.3) is 0 Å². The summed E-state index contributed by atoms with van der Waals surface area (Å²) in [7, 11) is 0. The minimum absolute atomic E-state index is 0.0379. The van der Waals surface area contributed by atoms with Crippen LogP contribution in [0.2, 0.25) is 0 Å². The van der Waals surface area contributed by atoms with E-state index in [1.165, 1.54) is 17.0 Å². The number of benzene rings is 1. The quantitative estimate of drug-likeness (QED) is 0.742. The standard InChI is InChI=1S/C21H26FN3OS.CH2O2/c1-16-23-13-19(27-16)15-24-11-2-8-21(10-12-24)9-7-20(26)25(21)14-17-3-5-18(22)6-4-17;2-1-3/h3-6,13H,2,7-12,14-15H2,1H3;1H,(H,2,3). The van der Waals surface area contributed by atoms with Gasteiger partial charge in [0.2, 0.25) is 5.91 Å². The summed E-state index contributed by atoms with van der Waals surface area (Å²) < 4.78 is 13.2. The van der Waals surface area contributed by atoms with Crippen molar-refractivity contribution in [3.05, 3.63) is 51.7 Å². The maximum Gasteiger partial charge on any atom is 0.290 e. The van der Waals surface area contributed by atoms with Gasteiger partial charge in [0.25, 0.3) is 6.47 Å². The van der Waals surface area contributed by atoms with Gasteiger partial charge in [-0.3, -0.25) is 14.5 Å². The first-order valence-corrected chi connectivity index (χ1v) is 11.0. The molecule has 0 saturated carbocycles. The number of thiazole rings is 1. The van der Waals surface area contributed by atoms with Gasteiger partial charge in [-0.25, -0.2) is 9.37 Å². The molecule has 3 heterocycles. The molecule has 2 aromatic rings. The van der Waals surface area contributed by atoms with E-state index in [4.69, 9.17) is 9.90 Å². The molecular weight excluding hydrogens is 405 g/mol. The van der Waals surface area contributed by atoms with Crippen molar-refractivity contribution in [3.63, 3.8) is 0 Å². The maximum absolute atomic E-state index is 13.2. The number of nitrogens with zero attached hydrogens (tertiary/aromatic N) is 3. The Kier molecular flexibility index (Phi) is 7.55. The Labute approximate surface area is 180 Å². The first-order valence-electron chi connectivity index (χ1n) is 10.2. The van der Waals surface area contributed by atoms with Gasteiger partial charge < -0.3 is 10.0 Å². The minimum atomic E-state index is -0.250. The summed E-state index contributed by atoms with van der Waals surface area (Å²) >= 11 is 1.77. The van der Waals surface area contributed by atoms with E-state index in [2.05, 4.69) is 14.8 Å². The van der Waals surface area contributed by atoms with Crippen molar-refractivity contribution in [2.24, 2.45) is 0 Å². The highest BCUT2D eigenvalue weighted by Crippen LogP contribution is 2.40. The SMILES string of the molecule is Cc1ncc(CN2CCCC3(CCC(=O)N3Cc3ccc(F)cc3)CC2)s1.O=CO. The summed E-state index contributed by atoms with van der Waals surface area (Å²) in [4.78, 5) is 31.3. The molecule has 0 bridgehead atoms. The van der Waals surface area contributed by atoms with E-state index >= 15 is 0 Å². The average molecular weight is 434 g/mol. The Hall–Kier alpha value is -2.32. The lowest BCUT2D eigenvalue weighted by Gasteiger charge is -2.38. The normalized spacial score (nSPS) is 21.9. The number of halogens is 1. The Balaban J connectivity index is 0.000000806. The van der Waals surface area contributed by atoms with Crippen molar-refractivity contribution >= 4 is 23.7 Å². The number of hydrogen-bond donors (Lipinski definition) is 1. The molecule has 1 aromatic carbocycles. The molecular formula is C22H28FN3O3S. The third-order valence-corrected chi connectivity index (χ3v) is 6.89. The van der Waals surface area contributed by atoms with Crippen molar-refractivity contribution in [3.8, 4) is 0 Å². The minimum Gasteiger partial charge on any atom is -0.483 e. The predicted octanol–water partition coefficient (Wildman–Crippen LogP) is 3.84. The molecule has 1 aromatic heterocycles. The molecule has 2 fully saturated rings. The Morgan fingerprint density at radius 3 is 2.60 bits per heavy atom. The third-order valence-electron chi connectivity index (χ3n) is 5.99. The van der Waals surface area contributed by atoms with E-state index in [1.807, 2.05) is 13.1 Å². The number of rotatable bonds is 4. The third kappa shape index (κ3) is 5.43. The van der Waals surface area contributed by atoms with Crippen LogP contribution in [0, 0.1) is 12.7 Å². The van der Waals surface area contributed by atoms with Crippen molar-refractivity contribution in [1.29, 1.82) is 0 Å². The van der Waals surface area contributed by atoms with Gasteiger partial charge in [0.05, 0.1) is 5.01 Å². The molecule has 6 nitrogen and oxygen atoms in total. The molecule has 2 aliphatic rings. The Bertz CT molecular complexity index is 858. The fraction of sp³-hybridized carbons (Fsp3) is 0.500. The highest BCUT2D eigenvalue weighted by Gasteiger charge is 2.45. The molecule has 8 heteroatoms. The van der Waals surface area contributed by atoms with Crippen molar-refractivity contribution in [2.45, 2.75) is 57.7 Å². The molecule has 0 aliphatic carbocycles. The summed E-state index contributed by atoms with van der Waals surface area (Å²) in [6, 6.07) is 6.55. The summed E-state index contributed by atoms with van der Waals surface area (Å²) in [5, 5.41) is 8.00. The van der Waals surface area contributed by atoms with Gasteiger partial charge in [-0.1, -0.05) is 12.1 Å². The molecule has 162 valence electrons. The van der Waals surface area contributed by atoms with Crippen LogP contribution in [0.3, 0.4) is 0 Å². The lowest BCUT2D eigenvalue weighted by Crippen LogP contribution is -2.45. The number of carbonyl (C=O) groups is 2. The van der Waals surface area contributed by atoms with E-state index in [0.717, 1.165) is 55.9 Å². The molecule has 0 radical (unpaired) electrons. The predicted molar refractivity (Wildman–Crippen MR) is 114 cm³/mol. The van der Waals surface area contributed by atoms with Gasteiger partial charge in [0, 0.05) is 42.7 Å². The number of carbonyl (C=O) groups excluding carboxylic acids is 1. The van der Waals surface area contributed by atoms with Crippen molar-refractivity contribution in [1.82, 2.24) is 14.8 Å². The molecule has 1 amide bonds. The topological polar surface area (TPSA) is 73.7 Å². The highest BCUT2D eigenvalue weighted by atomic mass is 32.1. The highest BCUT2D eigenvalue weighted by molar-refractivity contribution is 7.11. The molecule has 1 atom stereocenters. The summed E-state index contributed by atoms with van der Waals surface area (Å²) in [6.07, 6.45) is 6.73. The molecule has 30 heavy (non-hydrogen) atoms. The van der Waals surface area contributed by atoms with Crippen LogP contribution in [-0.4, -0.2) is 50.9 Å². The van der Waals surface area contributed by atoms with Gasteiger partial charge in [-0.05, 0) is 56.8 Å². The fourth-order valence-electron chi connectivity index (χ4n) is 4.51. The smallest absolute Gasteiger partial charge is 0.290 e. The number of amides is 1. The Morgan fingerprint density at radius 2 is 1.93 bits per heavy atom. The zero-order valence-corrected chi connectivity index (χ0v) is 18.0. The molecule has 1 unspecified atom stereocenters. The first-order chi connectivity index (χ1) is 14.5. The lowest BCUT2D eigenvalue weighted by molar-refractivity contribution is -0.132. The van der Waals surface area contributed by atoms with Crippen LogP contribution in [0.5, 0.6) is 0 Å². The number of aromatic nitrogens is 1. The summed E-state index contributed by atoms with van der Waals surface area (Å²) in [6.45, 7) is 5.41. The van der Waals surface area contributed by atoms with Crippen LogP contribution in [0.1, 0.15) is 47.6 Å². The van der Waals surface area contributed by atoms with Crippen LogP contribution in [0.4, 0.5) is 4.39 Å². The van der Waals surface area contributed by atoms with E-state index in [9.17, 15) is 9.18 Å². The Morgan fingerprint density at radius 1 is 1.20 bits per heavy atom. The van der Waals surface area contributed by atoms with E-state index in [0.29, 0.717) is 13.0 Å². The van der Waals surface area contributed by atoms with E-state index in [1.54, 1.807) is 23.5 Å². The number of carboxylic acid groups (broad SMARTS) is 1. The molecule has 4 rings (SSSR count). The number of hydrogen-bond acceptors (Lipinski definition) is 5. The van der Waals surface area contributed by atoms with Gasteiger partial charge in [0.1, 0.15) is 5.82 Å². The van der Waals surface area contributed by atoms with Crippen LogP contribution >= 0.6 is 11.3 Å². The second-order valence-corrected chi connectivity index (χ2v) is 9.23. The monoisotopic (exact) mass is 433 g/mol. The molecule has 2 saturated heterocycles.